The lowest BCUT2D eigenvalue weighted by Crippen LogP contribution is -2.17. The molecular weight excluding hydrogens is 226 g/mol. The van der Waals surface area contributed by atoms with Gasteiger partial charge in [-0.25, -0.2) is 0 Å². The summed E-state index contributed by atoms with van der Waals surface area (Å²) in [5, 5.41) is 3.90. The number of hydrogen-bond acceptors (Lipinski definition) is 4. The maximum atomic E-state index is 5.64. The molecule has 1 heterocycles. The number of benzene rings is 1. The number of rotatable bonds is 3. The lowest BCUT2D eigenvalue weighted by Gasteiger charge is -1.96. The molecule has 0 aliphatic rings. The third kappa shape index (κ3) is 3.05. The molecule has 5 heteroatoms. The lowest BCUT2D eigenvalue weighted by atomic mass is 10.2. The molecule has 0 saturated heterocycles. The van der Waals surface area contributed by atoms with Crippen LogP contribution in [-0.4, -0.2) is 16.2 Å². The Morgan fingerprint density at radius 2 is 2.00 bits per heavy atom. The molecule has 0 aliphatic carbocycles. The van der Waals surface area contributed by atoms with E-state index in [1.54, 1.807) is 0 Å². The Morgan fingerprint density at radius 1 is 1.31 bits per heavy atom. The van der Waals surface area contributed by atoms with Gasteiger partial charge in [-0.15, -0.1) is 12.4 Å². The largest absolute Gasteiger partial charge is 0.339 e. The molecule has 0 saturated carbocycles. The highest BCUT2D eigenvalue weighted by Crippen LogP contribution is 2.14. The van der Waals surface area contributed by atoms with Crippen LogP contribution in [0.25, 0.3) is 11.4 Å². The van der Waals surface area contributed by atoms with Gasteiger partial charge in [0.05, 0.1) is 0 Å². The van der Waals surface area contributed by atoms with E-state index in [4.69, 9.17) is 10.3 Å². The monoisotopic (exact) mass is 239 g/mol. The zero-order valence-electron chi connectivity index (χ0n) is 8.96. The minimum absolute atomic E-state index is 0. The van der Waals surface area contributed by atoms with Crippen molar-refractivity contribution in [1.82, 2.24) is 10.1 Å². The first-order valence-corrected chi connectivity index (χ1v) is 4.89. The maximum Gasteiger partial charge on any atom is 0.228 e. The second kappa shape index (κ2) is 5.63. The van der Waals surface area contributed by atoms with Crippen molar-refractivity contribution >= 4 is 12.4 Å². The van der Waals surface area contributed by atoms with Gasteiger partial charge in [0.15, 0.2) is 0 Å². The zero-order valence-corrected chi connectivity index (χ0v) is 9.78. The summed E-state index contributed by atoms with van der Waals surface area (Å²) < 4.78 is 5.09. The van der Waals surface area contributed by atoms with Crippen LogP contribution in [-0.2, 0) is 6.42 Å². The van der Waals surface area contributed by atoms with E-state index in [2.05, 4.69) is 10.1 Å². The fraction of sp³-hybridized carbons (Fsp3) is 0.273. The van der Waals surface area contributed by atoms with E-state index >= 15 is 0 Å². The molecule has 0 bridgehead atoms. The molecule has 4 nitrogen and oxygen atoms in total. The van der Waals surface area contributed by atoms with E-state index in [0.717, 1.165) is 5.56 Å². The summed E-state index contributed by atoms with van der Waals surface area (Å²) in [4.78, 5) is 4.26. The Bertz CT molecular complexity index is 428. The first-order chi connectivity index (χ1) is 7.25. The SMILES string of the molecule is CC(N)Cc1nc(-c2ccccc2)no1.Cl. The van der Waals surface area contributed by atoms with Crippen LogP contribution in [0.5, 0.6) is 0 Å². The molecule has 0 spiro atoms. The summed E-state index contributed by atoms with van der Waals surface area (Å²) in [6, 6.07) is 9.76. The Kier molecular flexibility index (Phi) is 4.46. The van der Waals surface area contributed by atoms with E-state index in [0.29, 0.717) is 18.1 Å². The van der Waals surface area contributed by atoms with E-state index < -0.39 is 0 Å². The van der Waals surface area contributed by atoms with Gasteiger partial charge in [-0.2, -0.15) is 4.98 Å². The molecule has 1 atom stereocenters. The molecule has 2 N–H and O–H groups in total. The summed E-state index contributed by atoms with van der Waals surface area (Å²) in [6.45, 7) is 1.91. The molecule has 0 amide bonds. The van der Waals surface area contributed by atoms with Gasteiger partial charge in [0.25, 0.3) is 0 Å². The minimum Gasteiger partial charge on any atom is -0.339 e. The number of hydrogen-bond donors (Lipinski definition) is 1. The second-order valence-corrected chi connectivity index (χ2v) is 3.56. The maximum absolute atomic E-state index is 5.64. The predicted molar refractivity (Wildman–Crippen MR) is 64.3 cm³/mol. The Morgan fingerprint density at radius 3 is 2.62 bits per heavy atom. The van der Waals surface area contributed by atoms with Crippen molar-refractivity contribution in [3.63, 3.8) is 0 Å². The smallest absolute Gasteiger partial charge is 0.228 e. The molecule has 0 radical (unpaired) electrons. The molecule has 86 valence electrons. The van der Waals surface area contributed by atoms with E-state index in [1.807, 2.05) is 37.3 Å². The molecule has 1 aromatic carbocycles. The van der Waals surface area contributed by atoms with Crippen LogP contribution in [0, 0.1) is 0 Å². The Balaban J connectivity index is 0.00000128. The first kappa shape index (κ1) is 12.7. The van der Waals surface area contributed by atoms with Gasteiger partial charge >= 0.3 is 0 Å². The summed E-state index contributed by atoms with van der Waals surface area (Å²) in [7, 11) is 0. The quantitative estimate of drug-likeness (QED) is 0.890. The van der Waals surface area contributed by atoms with Crippen molar-refractivity contribution in [3.05, 3.63) is 36.2 Å². The molecule has 0 aliphatic heterocycles. The van der Waals surface area contributed by atoms with Gasteiger partial charge in [-0.1, -0.05) is 35.5 Å². The average molecular weight is 240 g/mol. The van der Waals surface area contributed by atoms with Gasteiger partial charge < -0.3 is 10.3 Å². The van der Waals surface area contributed by atoms with Crippen LogP contribution in [0.3, 0.4) is 0 Å². The Labute approximate surface area is 100 Å². The molecule has 1 unspecified atom stereocenters. The summed E-state index contributed by atoms with van der Waals surface area (Å²) in [5.41, 5.74) is 6.60. The number of nitrogens with zero attached hydrogens (tertiary/aromatic N) is 2. The fourth-order valence-electron chi connectivity index (χ4n) is 1.32. The van der Waals surface area contributed by atoms with Crippen molar-refractivity contribution < 1.29 is 4.52 Å². The highest BCUT2D eigenvalue weighted by molar-refractivity contribution is 5.85. The lowest BCUT2D eigenvalue weighted by molar-refractivity contribution is 0.372. The molecular formula is C11H14ClN3O. The van der Waals surface area contributed by atoms with E-state index in [-0.39, 0.29) is 18.4 Å². The number of nitrogens with two attached hydrogens (primary N) is 1. The van der Waals surface area contributed by atoms with Crippen molar-refractivity contribution in [3.8, 4) is 11.4 Å². The zero-order chi connectivity index (χ0) is 10.7. The summed E-state index contributed by atoms with van der Waals surface area (Å²) >= 11 is 0. The standard InChI is InChI=1S/C11H13N3O.ClH/c1-8(12)7-10-13-11(14-15-10)9-5-3-2-4-6-9;/h2-6,8H,7,12H2,1H3;1H. The molecule has 0 fully saturated rings. The third-order valence-corrected chi connectivity index (χ3v) is 2.00. The summed E-state index contributed by atoms with van der Waals surface area (Å²) in [5.74, 6) is 1.20. The Hall–Kier alpha value is -1.39. The molecule has 16 heavy (non-hydrogen) atoms. The first-order valence-electron chi connectivity index (χ1n) is 4.89. The molecule has 2 rings (SSSR count). The minimum atomic E-state index is 0. The van der Waals surface area contributed by atoms with E-state index in [1.165, 1.54) is 0 Å². The molecule has 1 aromatic heterocycles. The average Bonchev–Trinajstić information content (AvgIpc) is 2.67. The van der Waals surface area contributed by atoms with Crippen LogP contribution in [0.4, 0.5) is 0 Å². The van der Waals surface area contributed by atoms with Crippen LogP contribution < -0.4 is 5.73 Å². The van der Waals surface area contributed by atoms with Crippen LogP contribution in [0.15, 0.2) is 34.9 Å². The van der Waals surface area contributed by atoms with Gasteiger partial charge in [0, 0.05) is 18.0 Å². The van der Waals surface area contributed by atoms with Crippen LogP contribution in [0.1, 0.15) is 12.8 Å². The van der Waals surface area contributed by atoms with Gasteiger partial charge in [0.2, 0.25) is 11.7 Å². The predicted octanol–water partition coefficient (Wildman–Crippen LogP) is 2.05. The number of halogens is 1. The van der Waals surface area contributed by atoms with Crippen molar-refractivity contribution in [2.24, 2.45) is 5.73 Å². The highest BCUT2D eigenvalue weighted by atomic mass is 35.5. The van der Waals surface area contributed by atoms with Gasteiger partial charge in [-0.3, -0.25) is 0 Å². The second-order valence-electron chi connectivity index (χ2n) is 3.56. The van der Waals surface area contributed by atoms with Crippen molar-refractivity contribution in [1.29, 1.82) is 0 Å². The molecule has 2 aromatic rings. The third-order valence-electron chi connectivity index (χ3n) is 2.00. The summed E-state index contributed by atoms with van der Waals surface area (Å²) in [6.07, 6.45) is 0.611. The normalized spacial score (nSPS) is 11.9. The topological polar surface area (TPSA) is 64.9 Å². The fourth-order valence-corrected chi connectivity index (χ4v) is 1.32. The van der Waals surface area contributed by atoms with Crippen molar-refractivity contribution in [2.75, 3.05) is 0 Å². The van der Waals surface area contributed by atoms with Gasteiger partial charge in [-0.05, 0) is 6.92 Å². The van der Waals surface area contributed by atoms with Gasteiger partial charge in [0.1, 0.15) is 0 Å². The van der Waals surface area contributed by atoms with E-state index in [9.17, 15) is 0 Å². The van der Waals surface area contributed by atoms with Crippen LogP contribution >= 0.6 is 12.4 Å². The van der Waals surface area contributed by atoms with Crippen molar-refractivity contribution in [2.45, 2.75) is 19.4 Å². The van der Waals surface area contributed by atoms with Crippen LogP contribution in [0.2, 0.25) is 0 Å². The highest BCUT2D eigenvalue weighted by Gasteiger charge is 2.09. The number of aromatic nitrogens is 2.